The van der Waals surface area contributed by atoms with Gasteiger partial charge in [-0.15, -0.1) is 0 Å². The molecule has 102 valence electrons. The lowest BCUT2D eigenvalue weighted by Gasteiger charge is -2.28. The number of ether oxygens (including phenoxy) is 3. The van der Waals surface area contributed by atoms with Crippen LogP contribution in [0.15, 0.2) is 24.3 Å². The third kappa shape index (κ3) is 3.44. The topological polar surface area (TPSA) is 27.7 Å². The second-order valence-electron chi connectivity index (χ2n) is 3.67. The van der Waals surface area contributed by atoms with E-state index >= 15 is 0 Å². The maximum Gasteiger partial charge on any atom is 0.416 e. The summed E-state index contributed by atoms with van der Waals surface area (Å²) in [5.74, 6) is -1.37. The molecule has 0 saturated heterocycles. The van der Waals surface area contributed by atoms with Crippen molar-refractivity contribution in [3.05, 3.63) is 35.4 Å². The summed E-state index contributed by atoms with van der Waals surface area (Å²) < 4.78 is 52.8. The maximum absolute atomic E-state index is 12.6. The molecule has 1 rings (SSSR count). The first-order chi connectivity index (χ1) is 8.37. The standard InChI is InChI=1S/C12H15F3O3/c1-16-11(17-2,18-3)8-9-5-4-6-10(7-9)12(13,14)15/h4-7H,8H2,1-3H3. The lowest BCUT2D eigenvalue weighted by molar-refractivity contribution is -0.351. The summed E-state index contributed by atoms with van der Waals surface area (Å²) in [5, 5.41) is 0. The molecule has 0 spiro atoms. The van der Waals surface area contributed by atoms with Crippen LogP contribution in [0.5, 0.6) is 0 Å². The number of hydrogen-bond donors (Lipinski definition) is 0. The van der Waals surface area contributed by atoms with E-state index in [1.807, 2.05) is 0 Å². The van der Waals surface area contributed by atoms with Crippen LogP contribution in [0.1, 0.15) is 11.1 Å². The zero-order chi connectivity index (χ0) is 13.8. The summed E-state index contributed by atoms with van der Waals surface area (Å²) in [6, 6.07) is 4.95. The number of methoxy groups -OCH3 is 3. The van der Waals surface area contributed by atoms with Crippen molar-refractivity contribution < 1.29 is 27.4 Å². The summed E-state index contributed by atoms with van der Waals surface area (Å²) in [6.07, 6.45) is -4.31. The largest absolute Gasteiger partial charge is 0.416 e. The zero-order valence-electron chi connectivity index (χ0n) is 10.4. The van der Waals surface area contributed by atoms with Gasteiger partial charge in [0.25, 0.3) is 5.97 Å². The minimum absolute atomic E-state index is 0.0560. The van der Waals surface area contributed by atoms with Crippen LogP contribution in [0, 0.1) is 0 Å². The molecule has 0 aliphatic heterocycles. The Hall–Kier alpha value is -1.11. The summed E-state index contributed by atoms with van der Waals surface area (Å²) in [4.78, 5) is 0. The molecule has 0 radical (unpaired) electrons. The van der Waals surface area contributed by atoms with Crippen LogP contribution in [0.3, 0.4) is 0 Å². The van der Waals surface area contributed by atoms with Crippen molar-refractivity contribution in [3.8, 4) is 0 Å². The van der Waals surface area contributed by atoms with Crippen molar-refractivity contribution in [2.75, 3.05) is 21.3 Å². The van der Waals surface area contributed by atoms with Gasteiger partial charge in [-0.2, -0.15) is 13.2 Å². The van der Waals surface area contributed by atoms with Gasteiger partial charge in [0.1, 0.15) is 0 Å². The number of alkyl halides is 3. The van der Waals surface area contributed by atoms with Crippen LogP contribution in [-0.4, -0.2) is 27.3 Å². The molecule has 0 N–H and O–H groups in total. The third-order valence-corrected chi connectivity index (χ3v) is 2.61. The number of benzene rings is 1. The number of halogens is 3. The highest BCUT2D eigenvalue weighted by Crippen LogP contribution is 2.30. The van der Waals surface area contributed by atoms with Crippen LogP contribution in [0.25, 0.3) is 0 Å². The first-order valence-electron chi connectivity index (χ1n) is 5.18. The highest BCUT2D eigenvalue weighted by atomic mass is 19.4. The Bertz CT molecular complexity index is 378. The molecule has 0 bridgehead atoms. The van der Waals surface area contributed by atoms with Gasteiger partial charge in [-0.05, 0) is 11.6 Å². The van der Waals surface area contributed by atoms with Crippen LogP contribution in [0.4, 0.5) is 13.2 Å². The highest BCUT2D eigenvalue weighted by molar-refractivity contribution is 5.26. The van der Waals surface area contributed by atoms with Crippen LogP contribution in [-0.2, 0) is 26.8 Å². The molecule has 0 aliphatic rings. The summed E-state index contributed by atoms with van der Waals surface area (Å²) in [6.45, 7) is 0. The van der Waals surface area contributed by atoms with Gasteiger partial charge in [-0.25, -0.2) is 0 Å². The van der Waals surface area contributed by atoms with Crippen molar-refractivity contribution in [1.82, 2.24) is 0 Å². The van der Waals surface area contributed by atoms with Crippen LogP contribution >= 0.6 is 0 Å². The molecule has 1 aromatic carbocycles. The molecule has 0 unspecified atom stereocenters. The quantitative estimate of drug-likeness (QED) is 0.765. The Morgan fingerprint density at radius 3 is 2.00 bits per heavy atom. The predicted octanol–water partition coefficient (Wildman–Crippen LogP) is 2.84. The van der Waals surface area contributed by atoms with Gasteiger partial charge in [0.05, 0.1) is 12.0 Å². The fourth-order valence-corrected chi connectivity index (χ4v) is 1.57. The van der Waals surface area contributed by atoms with Gasteiger partial charge in [0, 0.05) is 21.3 Å². The summed E-state index contributed by atoms with van der Waals surface area (Å²) in [7, 11) is 4.09. The molecule has 0 aromatic heterocycles. The molecule has 1 aromatic rings. The molecule has 0 saturated carbocycles. The fourth-order valence-electron chi connectivity index (χ4n) is 1.57. The molecule has 0 fully saturated rings. The van der Waals surface area contributed by atoms with Crippen molar-refractivity contribution in [2.45, 2.75) is 18.6 Å². The van der Waals surface area contributed by atoms with Gasteiger partial charge >= 0.3 is 6.18 Å². The minimum Gasteiger partial charge on any atom is -0.331 e. The molecule has 6 heteroatoms. The van der Waals surface area contributed by atoms with E-state index in [1.54, 1.807) is 6.07 Å². The Morgan fingerprint density at radius 2 is 1.56 bits per heavy atom. The number of hydrogen-bond acceptors (Lipinski definition) is 3. The molecular formula is C12H15F3O3. The SMILES string of the molecule is COC(Cc1cccc(C(F)(F)F)c1)(OC)OC. The normalized spacial score (nSPS) is 12.8. The van der Waals surface area contributed by atoms with Crippen molar-refractivity contribution >= 4 is 0 Å². The van der Waals surface area contributed by atoms with Crippen LogP contribution in [0.2, 0.25) is 0 Å². The Morgan fingerprint density at radius 1 is 1.00 bits per heavy atom. The second kappa shape index (κ2) is 5.69. The second-order valence-corrected chi connectivity index (χ2v) is 3.67. The lowest BCUT2D eigenvalue weighted by atomic mass is 10.1. The first kappa shape index (κ1) is 14.9. The van der Waals surface area contributed by atoms with E-state index in [0.29, 0.717) is 5.56 Å². The Labute approximate surface area is 103 Å². The van der Waals surface area contributed by atoms with E-state index < -0.39 is 17.7 Å². The van der Waals surface area contributed by atoms with E-state index in [4.69, 9.17) is 14.2 Å². The first-order valence-corrected chi connectivity index (χ1v) is 5.18. The fraction of sp³-hybridized carbons (Fsp3) is 0.500. The van der Waals surface area contributed by atoms with E-state index in [-0.39, 0.29) is 6.42 Å². The monoisotopic (exact) mass is 264 g/mol. The zero-order valence-corrected chi connectivity index (χ0v) is 10.4. The average molecular weight is 264 g/mol. The Balaban J connectivity index is 2.98. The third-order valence-electron chi connectivity index (χ3n) is 2.61. The summed E-state index contributed by atoms with van der Waals surface area (Å²) >= 11 is 0. The van der Waals surface area contributed by atoms with Crippen molar-refractivity contribution in [1.29, 1.82) is 0 Å². The van der Waals surface area contributed by atoms with Gasteiger partial charge in [-0.1, -0.05) is 18.2 Å². The molecule has 3 nitrogen and oxygen atoms in total. The molecule has 0 heterocycles. The number of rotatable bonds is 5. The minimum atomic E-state index is -4.37. The van der Waals surface area contributed by atoms with Crippen LogP contribution < -0.4 is 0 Å². The van der Waals surface area contributed by atoms with Gasteiger partial charge in [0.2, 0.25) is 0 Å². The van der Waals surface area contributed by atoms with E-state index in [1.165, 1.54) is 27.4 Å². The van der Waals surface area contributed by atoms with E-state index in [0.717, 1.165) is 12.1 Å². The lowest BCUT2D eigenvalue weighted by Crippen LogP contribution is -2.38. The molecule has 0 amide bonds. The maximum atomic E-state index is 12.6. The highest BCUT2D eigenvalue weighted by Gasteiger charge is 2.33. The van der Waals surface area contributed by atoms with Gasteiger partial charge in [-0.3, -0.25) is 0 Å². The smallest absolute Gasteiger partial charge is 0.331 e. The Kier molecular flexibility index (Phi) is 4.72. The van der Waals surface area contributed by atoms with E-state index in [2.05, 4.69) is 0 Å². The average Bonchev–Trinajstić information content (AvgIpc) is 2.35. The van der Waals surface area contributed by atoms with Gasteiger partial charge < -0.3 is 14.2 Å². The molecular weight excluding hydrogens is 249 g/mol. The molecule has 18 heavy (non-hydrogen) atoms. The molecule has 0 aliphatic carbocycles. The van der Waals surface area contributed by atoms with Crippen molar-refractivity contribution in [2.24, 2.45) is 0 Å². The van der Waals surface area contributed by atoms with E-state index in [9.17, 15) is 13.2 Å². The van der Waals surface area contributed by atoms with Gasteiger partial charge in [0.15, 0.2) is 0 Å². The van der Waals surface area contributed by atoms with Crippen molar-refractivity contribution in [3.63, 3.8) is 0 Å². The predicted molar refractivity (Wildman–Crippen MR) is 58.9 cm³/mol. The summed E-state index contributed by atoms with van der Waals surface area (Å²) in [5.41, 5.74) is -0.299. The molecule has 0 atom stereocenters.